The second-order valence-corrected chi connectivity index (χ2v) is 27.8. The molecule has 0 saturated heterocycles. The summed E-state index contributed by atoms with van der Waals surface area (Å²) >= 11 is 0. The van der Waals surface area contributed by atoms with Crippen LogP contribution in [0.4, 0.5) is 0 Å². The monoisotopic (exact) mass is 626 g/mol. The van der Waals surface area contributed by atoms with Crippen LogP contribution in [0.25, 0.3) is 55.6 Å². The molecule has 6 aromatic carbocycles. The lowest BCUT2D eigenvalue weighted by Gasteiger charge is -2.26. The van der Waals surface area contributed by atoms with Crippen LogP contribution in [0.1, 0.15) is 0 Å². The molecule has 0 amide bonds. The van der Waals surface area contributed by atoms with E-state index in [0.29, 0.717) is 0 Å². The highest BCUT2D eigenvalue weighted by Crippen LogP contribution is 2.39. The van der Waals surface area contributed by atoms with Crippen molar-refractivity contribution in [1.29, 1.82) is 0 Å². The Morgan fingerprint density at radius 1 is 0.289 bits per heavy atom. The van der Waals surface area contributed by atoms with E-state index in [4.69, 9.17) is 0 Å². The van der Waals surface area contributed by atoms with Gasteiger partial charge in [-0.25, -0.2) is 0 Å². The van der Waals surface area contributed by atoms with Gasteiger partial charge in [0.25, 0.3) is 0 Å². The molecule has 0 atom stereocenters. The maximum absolute atomic E-state index is 2.59. The van der Waals surface area contributed by atoms with Crippen molar-refractivity contribution >= 4 is 55.3 Å². The minimum atomic E-state index is -2.06. The third kappa shape index (κ3) is 3.52. The number of benzene rings is 6. The highest BCUT2D eigenvalue weighted by Gasteiger charge is 2.43. The molecule has 0 fully saturated rings. The average molecular weight is 627 g/mol. The third-order valence-corrected chi connectivity index (χ3v) is 22.1. The molecule has 0 N–H and O–H groups in total. The van der Waals surface area contributed by atoms with Crippen LogP contribution in [-0.2, 0) is 0 Å². The molecule has 0 bridgehead atoms. The molecule has 0 unspecified atom stereocenters. The summed E-state index contributed by atoms with van der Waals surface area (Å²) in [7, 11) is -5.57. The van der Waals surface area contributed by atoms with E-state index in [1.807, 2.05) is 0 Å². The largest absolute Gasteiger partial charge is 0.115 e. The number of fused-ring (bicyclic) bond motifs is 9. The summed E-state index contributed by atoms with van der Waals surface area (Å²) in [5.74, 6) is 0. The van der Waals surface area contributed by atoms with E-state index in [1.165, 1.54) is 55.6 Å². The van der Waals surface area contributed by atoms with Crippen LogP contribution in [0.5, 0.6) is 0 Å². The fourth-order valence-electron chi connectivity index (χ4n) is 9.25. The zero-order valence-corrected chi connectivity index (χ0v) is 30.0. The van der Waals surface area contributed by atoms with Crippen LogP contribution < -0.4 is 31.1 Å². The van der Waals surface area contributed by atoms with Gasteiger partial charge in [0.2, 0.25) is 0 Å². The van der Waals surface area contributed by atoms with Gasteiger partial charge in [-0.15, -0.1) is 0 Å². The lowest BCUT2D eigenvalue weighted by molar-refractivity contribution is 1.64. The number of rotatable bonds is 2. The Hall–Kier alpha value is -4.03. The van der Waals surface area contributed by atoms with Crippen molar-refractivity contribution in [2.24, 2.45) is 0 Å². The minimum absolute atomic E-state index is 1.39. The van der Waals surface area contributed by atoms with Crippen molar-refractivity contribution in [3.05, 3.63) is 121 Å². The molecule has 0 radical (unpaired) electrons. The zero-order valence-electron chi connectivity index (χ0n) is 27.0. The molecule has 6 aromatic rings. The van der Waals surface area contributed by atoms with Gasteiger partial charge < -0.3 is 0 Å². The van der Waals surface area contributed by atoms with Crippen LogP contribution in [0.3, 0.4) is 0 Å². The van der Waals surface area contributed by atoms with Gasteiger partial charge in [-0.3, -0.25) is 0 Å². The van der Waals surface area contributed by atoms with Crippen LogP contribution in [-0.4, -0.2) is 24.2 Å². The SMILES string of the molecule is C[Si]1(C)c2ccccc2-c2ccc(-c3cccc4c3[Si](C)(C)c3c(-c5ccc6c(c5)[Si](C)(C)c5ccccc5-6)cccc3-4)cc21. The molecular formula is C42H38Si3. The predicted molar refractivity (Wildman–Crippen MR) is 204 cm³/mol. The zero-order chi connectivity index (χ0) is 30.9. The van der Waals surface area contributed by atoms with E-state index >= 15 is 0 Å². The van der Waals surface area contributed by atoms with Crippen LogP contribution >= 0.6 is 0 Å². The first kappa shape index (κ1) is 27.3. The second kappa shape index (κ2) is 9.03. The highest BCUT2D eigenvalue weighted by atomic mass is 28.3. The van der Waals surface area contributed by atoms with Crippen molar-refractivity contribution in [3.63, 3.8) is 0 Å². The molecule has 0 saturated carbocycles. The van der Waals surface area contributed by atoms with Gasteiger partial charge in [0.05, 0.1) is 0 Å². The normalized spacial score (nSPS) is 16.8. The molecule has 9 rings (SSSR count). The minimum Gasteiger partial charge on any atom is -0.0623 e. The van der Waals surface area contributed by atoms with Crippen LogP contribution in [0, 0.1) is 0 Å². The van der Waals surface area contributed by atoms with Gasteiger partial charge >= 0.3 is 0 Å². The molecule has 0 nitrogen and oxygen atoms in total. The molecule has 0 aromatic heterocycles. The van der Waals surface area contributed by atoms with Crippen molar-refractivity contribution < 1.29 is 0 Å². The average Bonchev–Trinajstić information content (AvgIpc) is 3.54. The van der Waals surface area contributed by atoms with Gasteiger partial charge in [0.1, 0.15) is 24.2 Å². The van der Waals surface area contributed by atoms with E-state index in [9.17, 15) is 0 Å². The quantitative estimate of drug-likeness (QED) is 0.175. The van der Waals surface area contributed by atoms with Crippen LogP contribution in [0.2, 0.25) is 39.3 Å². The fourth-order valence-corrected chi connectivity index (χ4v) is 19.3. The Bertz CT molecular complexity index is 2090. The lowest BCUT2D eigenvalue weighted by Crippen LogP contribution is -2.51. The van der Waals surface area contributed by atoms with Gasteiger partial charge in [-0.2, -0.15) is 0 Å². The molecule has 0 aliphatic carbocycles. The molecule has 3 heterocycles. The third-order valence-electron chi connectivity index (χ3n) is 11.5. The molecule has 218 valence electrons. The Kier molecular flexibility index (Phi) is 5.48. The summed E-state index contributed by atoms with van der Waals surface area (Å²) in [6.07, 6.45) is 0. The van der Waals surface area contributed by atoms with Gasteiger partial charge in [0.15, 0.2) is 0 Å². The summed E-state index contributed by atoms with van der Waals surface area (Å²) in [6.45, 7) is 15.3. The smallest absolute Gasteiger partial charge is 0.0623 e. The summed E-state index contributed by atoms with van der Waals surface area (Å²) in [5, 5.41) is 9.52. The molecular weight excluding hydrogens is 589 g/mol. The first-order valence-electron chi connectivity index (χ1n) is 16.4. The van der Waals surface area contributed by atoms with Crippen molar-refractivity contribution in [3.8, 4) is 55.6 Å². The Balaban J connectivity index is 1.20. The van der Waals surface area contributed by atoms with E-state index in [1.54, 1.807) is 31.1 Å². The second-order valence-electron chi connectivity index (χ2n) is 14.9. The molecule has 0 spiro atoms. The molecule has 3 aliphatic rings. The number of hydrogen-bond acceptors (Lipinski definition) is 0. The van der Waals surface area contributed by atoms with E-state index in [2.05, 4.69) is 161 Å². The lowest BCUT2D eigenvalue weighted by atomic mass is 9.95. The Morgan fingerprint density at radius 2 is 0.644 bits per heavy atom. The first-order valence-corrected chi connectivity index (χ1v) is 25.4. The first-order chi connectivity index (χ1) is 21.6. The van der Waals surface area contributed by atoms with Gasteiger partial charge in [0, 0.05) is 0 Å². The van der Waals surface area contributed by atoms with Crippen molar-refractivity contribution in [2.75, 3.05) is 0 Å². The van der Waals surface area contributed by atoms with E-state index in [0.717, 1.165) is 0 Å². The molecule has 3 aliphatic heterocycles. The Labute approximate surface area is 270 Å². The summed E-state index contributed by atoms with van der Waals surface area (Å²) in [4.78, 5) is 0. The van der Waals surface area contributed by atoms with Gasteiger partial charge in [-0.05, 0) is 86.8 Å². The highest BCUT2D eigenvalue weighted by molar-refractivity contribution is 7.06. The topological polar surface area (TPSA) is 0 Å². The summed E-state index contributed by atoms with van der Waals surface area (Å²) in [5.41, 5.74) is 14.3. The van der Waals surface area contributed by atoms with Crippen molar-refractivity contribution in [2.45, 2.75) is 39.3 Å². The molecule has 45 heavy (non-hydrogen) atoms. The van der Waals surface area contributed by atoms with Crippen molar-refractivity contribution in [1.82, 2.24) is 0 Å². The number of hydrogen-bond donors (Lipinski definition) is 0. The maximum atomic E-state index is 2.59. The van der Waals surface area contributed by atoms with Gasteiger partial charge in [-0.1, -0.05) is 161 Å². The van der Waals surface area contributed by atoms with E-state index < -0.39 is 24.2 Å². The summed E-state index contributed by atoms with van der Waals surface area (Å²) in [6, 6.07) is 47.2. The summed E-state index contributed by atoms with van der Waals surface area (Å²) < 4.78 is 0. The van der Waals surface area contributed by atoms with E-state index in [-0.39, 0.29) is 0 Å². The Morgan fingerprint density at radius 3 is 1.09 bits per heavy atom. The molecule has 3 heteroatoms. The standard InChI is InChI=1S/C42H38Si3/c1-43(2)37-19-9-7-13-31(37)33-23-21-27(25-39(33)43)29-15-11-17-35-36-18-12-16-30(42(36)45(5,6)41(29)35)28-22-24-34-32-14-8-10-20-38(32)44(3,4)40(34)26-28/h7-26H,1-6H3. The van der Waals surface area contributed by atoms with Crippen LogP contribution in [0.15, 0.2) is 121 Å². The predicted octanol–water partition coefficient (Wildman–Crippen LogP) is 7.43. The fraction of sp³-hybridized carbons (Fsp3) is 0.143. The maximum Gasteiger partial charge on any atom is 0.115 e.